The summed E-state index contributed by atoms with van der Waals surface area (Å²) in [7, 11) is 0. The molecule has 0 saturated heterocycles. The second-order valence-electron chi connectivity index (χ2n) is 5.01. The van der Waals surface area contributed by atoms with Crippen molar-refractivity contribution in [1.82, 2.24) is 20.6 Å². The van der Waals surface area contributed by atoms with Crippen LogP contribution in [0.3, 0.4) is 0 Å². The lowest BCUT2D eigenvalue weighted by molar-refractivity contribution is 0.617. The largest absolute Gasteiger partial charge is 0.385 e. The van der Waals surface area contributed by atoms with Crippen LogP contribution in [0.2, 0.25) is 0 Å². The Kier molecular flexibility index (Phi) is 6.02. The molecule has 1 aromatic carbocycles. The summed E-state index contributed by atoms with van der Waals surface area (Å²) < 4.78 is 0. The van der Waals surface area contributed by atoms with E-state index in [0.29, 0.717) is 5.82 Å². The SMILES string of the molecule is CCCCCCCCNc1ccc(-c2nn[nH]n2)cc1. The van der Waals surface area contributed by atoms with Gasteiger partial charge in [0.1, 0.15) is 0 Å². The van der Waals surface area contributed by atoms with E-state index < -0.39 is 0 Å². The lowest BCUT2D eigenvalue weighted by atomic mass is 10.1. The molecule has 2 rings (SSSR count). The summed E-state index contributed by atoms with van der Waals surface area (Å²) in [6, 6.07) is 8.13. The number of nitrogens with zero attached hydrogens (tertiary/aromatic N) is 3. The van der Waals surface area contributed by atoms with E-state index in [1.165, 1.54) is 38.5 Å². The standard InChI is InChI=1S/C15H23N5/c1-2-3-4-5-6-7-12-16-14-10-8-13(9-11-14)15-17-19-20-18-15/h8-11,16H,2-7,12H2,1H3,(H,17,18,19,20). The fourth-order valence-electron chi connectivity index (χ4n) is 2.16. The predicted octanol–water partition coefficient (Wildman–Crippen LogP) is 3.64. The van der Waals surface area contributed by atoms with E-state index >= 15 is 0 Å². The molecule has 2 N–H and O–H groups in total. The topological polar surface area (TPSA) is 66.5 Å². The zero-order chi connectivity index (χ0) is 14.0. The minimum absolute atomic E-state index is 0.632. The van der Waals surface area contributed by atoms with Crippen molar-refractivity contribution in [2.45, 2.75) is 45.4 Å². The van der Waals surface area contributed by atoms with E-state index in [1.54, 1.807) is 0 Å². The predicted molar refractivity (Wildman–Crippen MR) is 81.5 cm³/mol. The molecule has 5 nitrogen and oxygen atoms in total. The number of H-pyrrole nitrogens is 1. The summed E-state index contributed by atoms with van der Waals surface area (Å²) in [6.07, 6.45) is 7.95. The molecule has 2 aromatic rings. The lowest BCUT2D eigenvalue weighted by Gasteiger charge is -2.06. The number of aromatic nitrogens is 4. The summed E-state index contributed by atoms with van der Waals surface area (Å²) in [6.45, 7) is 3.29. The van der Waals surface area contributed by atoms with Crippen molar-refractivity contribution < 1.29 is 0 Å². The van der Waals surface area contributed by atoms with Crippen molar-refractivity contribution in [1.29, 1.82) is 0 Å². The lowest BCUT2D eigenvalue weighted by Crippen LogP contribution is -2.01. The molecule has 0 spiro atoms. The van der Waals surface area contributed by atoms with Gasteiger partial charge in [-0.3, -0.25) is 0 Å². The minimum atomic E-state index is 0.632. The molecule has 0 saturated carbocycles. The molecule has 0 unspecified atom stereocenters. The molecular formula is C15H23N5. The third kappa shape index (κ3) is 4.64. The van der Waals surface area contributed by atoms with Crippen LogP contribution in [0.25, 0.3) is 11.4 Å². The van der Waals surface area contributed by atoms with Gasteiger partial charge in [0.2, 0.25) is 5.82 Å². The van der Waals surface area contributed by atoms with Crippen LogP contribution in [0, 0.1) is 0 Å². The summed E-state index contributed by atoms with van der Waals surface area (Å²) >= 11 is 0. The van der Waals surface area contributed by atoms with E-state index in [2.05, 4.69) is 45.0 Å². The molecule has 0 bridgehead atoms. The molecule has 20 heavy (non-hydrogen) atoms. The quantitative estimate of drug-likeness (QED) is 0.684. The van der Waals surface area contributed by atoms with E-state index in [9.17, 15) is 0 Å². The van der Waals surface area contributed by atoms with Crippen LogP contribution < -0.4 is 5.32 Å². The smallest absolute Gasteiger partial charge is 0.204 e. The van der Waals surface area contributed by atoms with Crippen molar-refractivity contribution in [2.75, 3.05) is 11.9 Å². The van der Waals surface area contributed by atoms with Gasteiger partial charge < -0.3 is 5.32 Å². The molecule has 1 aromatic heterocycles. The Labute approximate surface area is 120 Å². The van der Waals surface area contributed by atoms with E-state index in [4.69, 9.17) is 0 Å². The number of unbranched alkanes of at least 4 members (excludes halogenated alkanes) is 5. The maximum absolute atomic E-state index is 3.96. The van der Waals surface area contributed by atoms with Crippen LogP contribution in [0.4, 0.5) is 5.69 Å². The minimum Gasteiger partial charge on any atom is -0.385 e. The van der Waals surface area contributed by atoms with Crippen LogP contribution >= 0.6 is 0 Å². The second-order valence-corrected chi connectivity index (χ2v) is 5.01. The van der Waals surface area contributed by atoms with Crippen molar-refractivity contribution in [3.8, 4) is 11.4 Å². The fraction of sp³-hybridized carbons (Fsp3) is 0.533. The Morgan fingerprint density at radius 1 is 1.00 bits per heavy atom. The molecule has 0 radical (unpaired) electrons. The molecule has 0 fully saturated rings. The van der Waals surface area contributed by atoms with Gasteiger partial charge in [-0.15, -0.1) is 10.2 Å². The summed E-state index contributed by atoms with van der Waals surface area (Å²) in [5.41, 5.74) is 2.12. The van der Waals surface area contributed by atoms with E-state index in [-0.39, 0.29) is 0 Å². The van der Waals surface area contributed by atoms with Crippen molar-refractivity contribution >= 4 is 5.69 Å². The van der Waals surface area contributed by atoms with E-state index in [1.807, 2.05) is 12.1 Å². The molecule has 108 valence electrons. The molecule has 0 aliphatic carbocycles. The average Bonchev–Trinajstić information content (AvgIpc) is 3.01. The first-order chi connectivity index (χ1) is 9.90. The van der Waals surface area contributed by atoms with Gasteiger partial charge in [-0.25, -0.2) is 0 Å². The first kappa shape index (κ1) is 14.5. The number of nitrogens with one attached hydrogen (secondary N) is 2. The summed E-state index contributed by atoms with van der Waals surface area (Å²) in [5, 5.41) is 17.4. The Hall–Kier alpha value is -1.91. The number of rotatable bonds is 9. The maximum Gasteiger partial charge on any atom is 0.204 e. The Morgan fingerprint density at radius 2 is 1.75 bits per heavy atom. The average molecular weight is 273 g/mol. The number of anilines is 1. The summed E-state index contributed by atoms with van der Waals surface area (Å²) in [5.74, 6) is 0.632. The Bertz CT molecular complexity index is 464. The first-order valence-electron chi connectivity index (χ1n) is 7.48. The van der Waals surface area contributed by atoms with Crippen LogP contribution in [-0.4, -0.2) is 27.2 Å². The Morgan fingerprint density at radius 3 is 2.45 bits per heavy atom. The molecule has 0 atom stereocenters. The van der Waals surface area contributed by atoms with Crippen LogP contribution in [-0.2, 0) is 0 Å². The number of tetrazole rings is 1. The number of aromatic amines is 1. The zero-order valence-corrected chi connectivity index (χ0v) is 12.1. The van der Waals surface area contributed by atoms with Crippen LogP contribution in [0.1, 0.15) is 45.4 Å². The van der Waals surface area contributed by atoms with Gasteiger partial charge in [-0.1, -0.05) is 39.0 Å². The number of hydrogen-bond acceptors (Lipinski definition) is 4. The van der Waals surface area contributed by atoms with E-state index in [0.717, 1.165) is 17.8 Å². The highest BCUT2D eigenvalue weighted by Crippen LogP contribution is 2.16. The molecular weight excluding hydrogens is 250 g/mol. The van der Waals surface area contributed by atoms with Gasteiger partial charge in [0, 0.05) is 17.8 Å². The fourth-order valence-corrected chi connectivity index (χ4v) is 2.16. The van der Waals surface area contributed by atoms with Crippen LogP contribution in [0.15, 0.2) is 24.3 Å². The van der Waals surface area contributed by atoms with Crippen LogP contribution in [0.5, 0.6) is 0 Å². The second kappa shape index (κ2) is 8.30. The molecule has 0 aliphatic rings. The summed E-state index contributed by atoms with van der Waals surface area (Å²) in [4.78, 5) is 0. The van der Waals surface area contributed by atoms with Gasteiger partial charge in [-0.2, -0.15) is 5.21 Å². The maximum atomic E-state index is 3.96. The van der Waals surface area contributed by atoms with Gasteiger partial charge in [0.15, 0.2) is 0 Å². The van der Waals surface area contributed by atoms with Gasteiger partial charge in [0.25, 0.3) is 0 Å². The highest BCUT2D eigenvalue weighted by Gasteiger charge is 2.01. The normalized spacial score (nSPS) is 10.7. The van der Waals surface area contributed by atoms with Crippen molar-refractivity contribution in [3.63, 3.8) is 0 Å². The van der Waals surface area contributed by atoms with Gasteiger partial charge in [0.05, 0.1) is 0 Å². The van der Waals surface area contributed by atoms with Crippen molar-refractivity contribution in [2.24, 2.45) is 0 Å². The van der Waals surface area contributed by atoms with Crippen molar-refractivity contribution in [3.05, 3.63) is 24.3 Å². The molecule has 1 heterocycles. The highest BCUT2D eigenvalue weighted by molar-refractivity contribution is 5.58. The zero-order valence-electron chi connectivity index (χ0n) is 12.1. The first-order valence-corrected chi connectivity index (χ1v) is 7.48. The monoisotopic (exact) mass is 273 g/mol. The number of benzene rings is 1. The number of hydrogen-bond donors (Lipinski definition) is 2. The van der Waals surface area contributed by atoms with Gasteiger partial charge in [-0.05, 0) is 35.9 Å². The molecule has 5 heteroatoms. The highest BCUT2D eigenvalue weighted by atomic mass is 15.5. The third-order valence-electron chi connectivity index (χ3n) is 3.35. The molecule has 0 aliphatic heterocycles. The Balaban J connectivity index is 1.67. The third-order valence-corrected chi connectivity index (χ3v) is 3.35. The molecule has 0 amide bonds. The van der Waals surface area contributed by atoms with Gasteiger partial charge >= 0.3 is 0 Å².